The number of hydrogen-bond acceptors (Lipinski definition) is 2. The quantitative estimate of drug-likeness (QED) is 0.868. The molecule has 0 bridgehead atoms. The molecular formula is C18H22N2O. The molecule has 0 aliphatic carbocycles. The highest BCUT2D eigenvalue weighted by Gasteiger charge is 2.02. The third-order valence-corrected chi connectivity index (χ3v) is 3.52. The van der Waals surface area contributed by atoms with Crippen LogP contribution in [0.4, 0.5) is 11.4 Å². The van der Waals surface area contributed by atoms with Gasteiger partial charge in [-0.15, -0.1) is 0 Å². The Morgan fingerprint density at radius 3 is 2.24 bits per heavy atom. The van der Waals surface area contributed by atoms with E-state index in [9.17, 15) is 4.79 Å². The molecule has 2 N–H and O–H groups in total. The first-order valence-corrected chi connectivity index (χ1v) is 7.22. The van der Waals surface area contributed by atoms with Gasteiger partial charge in [-0.2, -0.15) is 0 Å². The Bertz CT molecular complexity index is 618. The van der Waals surface area contributed by atoms with Gasteiger partial charge in [0.2, 0.25) is 5.91 Å². The standard InChI is InChI=1S/C18H22N2O/c1-13-4-7-16(8-5-13)20-18(21)10-11-19-17-9-6-14(2)15(3)12-17/h4-9,12,19H,10-11H2,1-3H3,(H,20,21). The maximum atomic E-state index is 11.9. The monoisotopic (exact) mass is 282 g/mol. The van der Waals surface area contributed by atoms with E-state index in [0.29, 0.717) is 13.0 Å². The van der Waals surface area contributed by atoms with E-state index >= 15 is 0 Å². The van der Waals surface area contributed by atoms with Crippen molar-refractivity contribution in [2.24, 2.45) is 0 Å². The molecule has 0 aromatic heterocycles. The van der Waals surface area contributed by atoms with E-state index in [1.54, 1.807) is 0 Å². The normalized spacial score (nSPS) is 10.2. The summed E-state index contributed by atoms with van der Waals surface area (Å²) in [6, 6.07) is 14.1. The number of nitrogens with one attached hydrogen (secondary N) is 2. The Hall–Kier alpha value is -2.29. The third kappa shape index (κ3) is 4.63. The van der Waals surface area contributed by atoms with Gasteiger partial charge >= 0.3 is 0 Å². The molecule has 0 heterocycles. The molecular weight excluding hydrogens is 260 g/mol. The minimum absolute atomic E-state index is 0.0233. The van der Waals surface area contributed by atoms with Gasteiger partial charge in [-0.05, 0) is 56.2 Å². The fourth-order valence-electron chi connectivity index (χ4n) is 2.03. The van der Waals surface area contributed by atoms with Crippen LogP contribution >= 0.6 is 0 Å². The topological polar surface area (TPSA) is 41.1 Å². The molecule has 0 aliphatic heterocycles. The van der Waals surface area contributed by atoms with E-state index in [4.69, 9.17) is 0 Å². The molecule has 2 aromatic rings. The highest BCUT2D eigenvalue weighted by molar-refractivity contribution is 5.90. The fourth-order valence-corrected chi connectivity index (χ4v) is 2.03. The summed E-state index contributed by atoms with van der Waals surface area (Å²) in [4.78, 5) is 11.9. The van der Waals surface area contributed by atoms with Crippen LogP contribution < -0.4 is 10.6 Å². The number of carbonyl (C=O) groups excluding carboxylic acids is 1. The summed E-state index contributed by atoms with van der Waals surface area (Å²) in [7, 11) is 0. The average Bonchev–Trinajstić information content (AvgIpc) is 2.45. The van der Waals surface area contributed by atoms with E-state index in [0.717, 1.165) is 11.4 Å². The maximum absolute atomic E-state index is 11.9. The lowest BCUT2D eigenvalue weighted by atomic mass is 10.1. The van der Waals surface area contributed by atoms with Crippen molar-refractivity contribution in [2.45, 2.75) is 27.2 Å². The summed E-state index contributed by atoms with van der Waals surface area (Å²) < 4.78 is 0. The van der Waals surface area contributed by atoms with Crippen LogP contribution in [0.25, 0.3) is 0 Å². The summed E-state index contributed by atoms with van der Waals surface area (Å²) >= 11 is 0. The third-order valence-electron chi connectivity index (χ3n) is 3.52. The van der Waals surface area contributed by atoms with Crippen molar-refractivity contribution < 1.29 is 4.79 Å². The Balaban J connectivity index is 1.78. The number of anilines is 2. The zero-order valence-electron chi connectivity index (χ0n) is 12.9. The van der Waals surface area contributed by atoms with Gasteiger partial charge in [-0.25, -0.2) is 0 Å². The van der Waals surface area contributed by atoms with Crippen LogP contribution in [0.1, 0.15) is 23.1 Å². The number of benzene rings is 2. The summed E-state index contributed by atoms with van der Waals surface area (Å²) in [5, 5.41) is 6.17. The smallest absolute Gasteiger partial charge is 0.226 e. The molecule has 3 nitrogen and oxygen atoms in total. The fraction of sp³-hybridized carbons (Fsp3) is 0.278. The number of hydrogen-bond donors (Lipinski definition) is 2. The Labute approximate surface area is 126 Å². The number of amides is 1. The van der Waals surface area contributed by atoms with Gasteiger partial charge in [0.05, 0.1) is 0 Å². The first-order chi connectivity index (χ1) is 10.0. The summed E-state index contributed by atoms with van der Waals surface area (Å²) in [5.74, 6) is 0.0233. The molecule has 3 heteroatoms. The second kappa shape index (κ2) is 6.93. The van der Waals surface area contributed by atoms with E-state index in [2.05, 4.69) is 36.6 Å². The molecule has 1 amide bonds. The first kappa shape index (κ1) is 15.1. The van der Waals surface area contributed by atoms with Crippen molar-refractivity contribution in [1.29, 1.82) is 0 Å². The van der Waals surface area contributed by atoms with E-state index < -0.39 is 0 Å². The molecule has 0 unspecified atom stereocenters. The Kier molecular flexibility index (Phi) is 4.99. The van der Waals surface area contributed by atoms with Gasteiger partial charge in [0.25, 0.3) is 0 Å². The second-order valence-electron chi connectivity index (χ2n) is 5.39. The second-order valence-corrected chi connectivity index (χ2v) is 5.39. The molecule has 0 spiro atoms. The summed E-state index contributed by atoms with van der Waals surface area (Å²) in [5.41, 5.74) is 5.61. The van der Waals surface area contributed by atoms with Crippen molar-refractivity contribution in [3.05, 3.63) is 59.2 Å². The van der Waals surface area contributed by atoms with E-state index in [-0.39, 0.29) is 5.91 Å². The molecule has 2 aromatic carbocycles. The van der Waals surface area contributed by atoms with Crippen LogP contribution in [0.3, 0.4) is 0 Å². The first-order valence-electron chi connectivity index (χ1n) is 7.22. The molecule has 0 aliphatic rings. The van der Waals surface area contributed by atoms with Crippen LogP contribution in [0, 0.1) is 20.8 Å². The highest BCUT2D eigenvalue weighted by atomic mass is 16.1. The predicted octanol–water partition coefficient (Wildman–Crippen LogP) is 4.05. The van der Waals surface area contributed by atoms with Crippen molar-refractivity contribution in [3.8, 4) is 0 Å². The molecule has 2 rings (SSSR count). The number of carbonyl (C=O) groups is 1. The minimum Gasteiger partial charge on any atom is -0.385 e. The van der Waals surface area contributed by atoms with Gasteiger partial charge in [0.15, 0.2) is 0 Å². The van der Waals surface area contributed by atoms with Crippen molar-refractivity contribution >= 4 is 17.3 Å². The average molecular weight is 282 g/mol. The van der Waals surface area contributed by atoms with Crippen molar-refractivity contribution in [1.82, 2.24) is 0 Å². The van der Waals surface area contributed by atoms with Gasteiger partial charge in [0, 0.05) is 24.3 Å². The molecule has 0 fully saturated rings. The predicted molar refractivity (Wildman–Crippen MR) is 88.8 cm³/mol. The summed E-state index contributed by atoms with van der Waals surface area (Å²) in [6.45, 7) is 6.83. The molecule has 0 atom stereocenters. The maximum Gasteiger partial charge on any atom is 0.226 e. The van der Waals surface area contributed by atoms with Crippen LogP contribution in [0.15, 0.2) is 42.5 Å². The van der Waals surface area contributed by atoms with Crippen molar-refractivity contribution in [3.63, 3.8) is 0 Å². The zero-order chi connectivity index (χ0) is 15.2. The van der Waals surface area contributed by atoms with Crippen molar-refractivity contribution in [2.75, 3.05) is 17.2 Å². The van der Waals surface area contributed by atoms with Crippen LogP contribution in [-0.4, -0.2) is 12.5 Å². The van der Waals surface area contributed by atoms with Gasteiger partial charge in [-0.3, -0.25) is 4.79 Å². The Morgan fingerprint density at radius 2 is 1.57 bits per heavy atom. The molecule has 0 saturated heterocycles. The Morgan fingerprint density at radius 1 is 0.905 bits per heavy atom. The molecule has 0 saturated carbocycles. The lowest BCUT2D eigenvalue weighted by Crippen LogP contribution is -2.16. The SMILES string of the molecule is Cc1ccc(NC(=O)CCNc2ccc(C)c(C)c2)cc1. The van der Waals surface area contributed by atoms with Gasteiger partial charge < -0.3 is 10.6 Å². The van der Waals surface area contributed by atoms with E-state index in [1.165, 1.54) is 16.7 Å². The summed E-state index contributed by atoms with van der Waals surface area (Å²) in [6.07, 6.45) is 0.445. The number of aryl methyl sites for hydroxylation is 3. The molecule has 0 radical (unpaired) electrons. The van der Waals surface area contributed by atoms with Crippen LogP contribution in [-0.2, 0) is 4.79 Å². The van der Waals surface area contributed by atoms with E-state index in [1.807, 2.05) is 37.3 Å². The molecule has 110 valence electrons. The van der Waals surface area contributed by atoms with Gasteiger partial charge in [-0.1, -0.05) is 23.8 Å². The minimum atomic E-state index is 0.0233. The largest absolute Gasteiger partial charge is 0.385 e. The lowest BCUT2D eigenvalue weighted by Gasteiger charge is -2.09. The van der Waals surface area contributed by atoms with Crippen LogP contribution in [0.5, 0.6) is 0 Å². The number of rotatable bonds is 5. The lowest BCUT2D eigenvalue weighted by molar-refractivity contribution is -0.115. The van der Waals surface area contributed by atoms with Crippen LogP contribution in [0.2, 0.25) is 0 Å². The molecule has 21 heavy (non-hydrogen) atoms. The highest BCUT2D eigenvalue weighted by Crippen LogP contribution is 2.14. The zero-order valence-corrected chi connectivity index (χ0v) is 12.9. The van der Waals surface area contributed by atoms with Gasteiger partial charge in [0.1, 0.15) is 0 Å².